The average molecular weight is 416 g/mol. The predicted molar refractivity (Wildman–Crippen MR) is 107 cm³/mol. The van der Waals surface area contributed by atoms with Crippen LogP contribution in [0.5, 0.6) is 17.2 Å². The summed E-state index contributed by atoms with van der Waals surface area (Å²) >= 11 is 0. The number of methoxy groups -OCH3 is 2. The minimum absolute atomic E-state index is 0.217. The number of hydrogen-bond acceptors (Lipinski definition) is 7. The molecule has 0 spiro atoms. The van der Waals surface area contributed by atoms with Crippen LogP contribution in [0.15, 0.2) is 42.5 Å². The fourth-order valence-electron chi connectivity index (χ4n) is 2.44. The standard InChI is InChI=1S/C21H24N2O7/c1-4-14-7-5-6-8-16(14)29-12-19(24)22-23-21(26)15-9-10-17(18(11-15)27-2)30-13-20(25)28-3/h5-11H,4,12-13H2,1-3H3,(H,22,24)(H,23,26). The summed E-state index contributed by atoms with van der Waals surface area (Å²) in [5.41, 5.74) is 5.80. The minimum Gasteiger partial charge on any atom is -0.493 e. The van der Waals surface area contributed by atoms with E-state index in [9.17, 15) is 14.4 Å². The minimum atomic E-state index is -0.560. The monoisotopic (exact) mass is 416 g/mol. The lowest BCUT2D eigenvalue weighted by Gasteiger charge is -2.13. The van der Waals surface area contributed by atoms with Crippen molar-refractivity contribution in [2.45, 2.75) is 13.3 Å². The Balaban J connectivity index is 1.89. The van der Waals surface area contributed by atoms with Gasteiger partial charge in [0, 0.05) is 5.56 Å². The maximum Gasteiger partial charge on any atom is 0.343 e. The number of hydrazine groups is 1. The highest BCUT2D eigenvalue weighted by Crippen LogP contribution is 2.28. The van der Waals surface area contributed by atoms with E-state index in [2.05, 4.69) is 15.6 Å². The van der Waals surface area contributed by atoms with E-state index in [1.54, 1.807) is 6.07 Å². The molecule has 9 nitrogen and oxygen atoms in total. The fourth-order valence-corrected chi connectivity index (χ4v) is 2.44. The number of para-hydroxylation sites is 1. The van der Waals surface area contributed by atoms with Crippen LogP contribution >= 0.6 is 0 Å². The SMILES string of the molecule is CCc1ccccc1OCC(=O)NNC(=O)c1ccc(OCC(=O)OC)c(OC)c1. The first kappa shape index (κ1) is 22.5. The van der Waals surface area contributed by atoms with Crippen molar-refractivity contribution in [3.05, 3.63) is 53.6 Å². The molecule has 0 aliphatic carbocycles. The number of benzene rings is 2. The topological polar surface area (TPSA) is 112 Å². The number of carbonyl (C=O) groups is 3. The van der Waals surface area contributed by atoms with Gasteiger partial charge in [0.1, 0.15) is 5.75 Å². The largest absolute Gasteiger partial charge is 0.493 e. The van der Waals surface area contributed by atoms with Crippen molar-refractivity contribution in [3.8, 4) is 17.2 Å². The molecule has 2 N–H and O–H groups in total. The molecule has 0 aromatic heterocycles. The zero-order valence-electron chi connectivity index (χ0n) is 17.0. The van der Waals surface area contributed by atoms with Crippen LogP contribution in [0.4, 0.5) is 0 Å². The molecule has 0 heterocycles. The summed E-state index contributed by atoms with van der Waals surface area (Å²) in [6, 6.07) is 11.8. The Kier molecular flexibility index (Phi) is 8.49. The number of ether oxygens (including phenoxy) is 4. The maximum absolute atomic E-state index is 12.3. The van der Waals surface area contributed by atoms with Crippen LogP contribution in [0.25, 0.3) is 0 Å². The summed E-state index contributed by atoms with van der Waals surface area (Å²) in [5.74, 6) is -0.489. The highest BCUT2D eigenvalue weighted by Gasteiger charge is 2.14. The Labute approximate surface area is 174 Å². The molecule has 2 rings (SSSR count). The third-order valence-corrected chi connectivity index (χ3v) is 4.03. The number of esters is 1. The number of amides is 2. The summed E-state index contributed by atoms with van der Waals surface area (Å²) in [6.45, 7) is 1.44. The van der Waals surface area contributed by atoms with Crippen LogP contribution in [0.1, 0.15) is 22.8 Å². The van der Waals surface area contributed by atoms with Crippen LogP contribution < -0.4 is 25.1 Å². The first-order valence-electron chi connectivity index (χ1n) is 9.16. The first-order valence-corrected chi connectivity index (χ1v) is 9.16. The van der Waals surface area contributed by atoms with Crippen molar-refractivity contribution in [3.63, 3.8) is 0 Å². The van der Waals surface area contributed by atoms with Crippen molar-refractivity contribution < 1.29 is 33.3 Å². The van der Waals surface area contributed by atoms with Crippen LogP contribution in [0, 0.1) is 0 Å². The third-order valence-electron chi connectivity index (χ3n) is 4.03. The molecule has 9 heteroatoms. The van der Waals surface area contributed by atoms with Gasteiger partial charge in [0.2, 0.25) is 0 Å². The van der Waals surface area contributed by atoms with Gasteiger partial charge in [0.05, 0.1) is 14.2 Å². The number of carbonyl (C=O) groups excluding carboxylic acids is 3. The summed E-state index contributed by atoms with van der Waals surface area (Å²) in [4.78, 5) is 35.4. The van der Waals surface area contributed by atoms with Crippen LogP contribution in [-0.4, -0.2) is 45.2 Å². The van der Waals surface area contributed by atoms with E-state index in [1.807, 2.05) is 25.1 Å². The molecule has 160 valence electrons. The molecule has 0 radical (unpaired) electrons. The van der Waals surface area contributed by atoms with Gasteiger partial charge in [-0.3, -0.25) is 20.4 Å². The van der Waals surface area contributed by atoms with Crippen molar-refractivity contribution in [2.24, 2.45) is 0 Å². The van der Waals surface area contributed by atoms with Gasteiger partial charge >= 0.3 is 5.97 Å². The van der Waals surface area contributed by atoms with Crippen molar-refractivity contribution >= 4 is 17.8 Å². The lowest BCUT2D eigenvalue weighted by atomic mass is 10.1. The highest BCUT2D eigenvalue weighted by atomic mass is 16.6. The molecule has 2 amide bonds. The van der Waals surface area contributed by atoms with Gasteiger partial charge in [-0.25, -0.2) is 4.79 Å². The smallest absolute Gasteiger partial charge is 0.343 e. The molecule has 0 atom stereocenters. The molecule has 2 aromatic carbocycles. The second-order valence-corrected chi connectivity index (χ2v) is 5.98. The van der Waals surface area contributed by atoms with Gasteiger partial charge in [-0.1, -0.05) is 25.1 Å². The number of rotatable bonds is 9. The summed E-state index contributed by atoms with van der Waals surface area (Å²) in [7, 11) is 2.65. The quantitative estimate of drug-likeness (QED) is 0.472. The molecule has 0 unspecified atom stereocenters. The van der Waals surface area contributed by atoms with E-state index in [1.165, 1.54) is 32.4 Å². The Morgan fingerprint density at radius 2 is 1.60 bits per heavy atom. The predicted octanol–water partition coefficient (Wildman–Crippen LogP) is 1.65. The normalized spacial score (nSPS) is 9.97. The second kappa shape index (κ2) is 11.3. The first-order chi connectivity index (χ1) is 14.5. The van der Waals surface area contributed by atoms with Crippen molar-refractivity contribution in [1.29, 1.82) is 0 Å². The second-order valence-electron chi connectivity index (χ2n) is 5.98. The van der Waals surface area contributed by atoms with E-state index >= 15 is 0 Å². The molecule has 0 bridgehead atoms. The van der Waals surface area contributed by atoms with E-state index in [0.717, 1.165) is 12.0 Å². The number of nitrogens with one attached hydrogen (secondary N) is 2. The molecule has 0 saturated carbocycles. The molecule has 0 aliphatic heterocycles. The summed E-state index contributed by atoms with van der Waals surface area (Å²) < 4.78 is 20.5. The summed E-state index contributed by atoms with van der Waals surface area (Å²) in [6.07, 6.45) is 0.774. The van der Waals surface area contributed by atoms with Gasteiger partial charge < -0.3 is 18.9 Å². The number of aryl methyl sites for hydroxylation is 1. The van der Waals surface area contributed by atoms with Crippen LogP contribution in [-0.2, 0) is 20.7 Å². The van der Waals surface area contributed by atoms with E-state index in [0.29, 0.717) is 5.75 Å². The molecule has 30 heavy (non-hydrogen) atoms. The number of hydrogen-bond donors (Lipinski definition) is 2. The van der Waals surface area contributed by atoms with E-state index in [-0.39, 0.29) is 30.3 Å². The van der Waals surface area contributed by atoms with Crippen LogP contribution in [0.3, 0.4) is 0 Å². The Hall–Kier alpha value is -3.75. The zero-order valence-corrected chi connectivity index (χ0v) is 17.0. The lowest BCUT2D eigenvalue weighted by Crippen LogP contribution is -2.43. The fraction of sp³-hybridized carbons (Fsp3) is 0.286. The Morgan fingerprint density at radius 3 is 2.30 bits per heavy atom. The Morgan fingerprint density at radius 1 is 0.867 bits per heavy atom. The molecule has 0 fully saturated rings. The van der Waals surface area contributed by atoms with E-state index < -0.39 is 17.8 Å². The van der Waals surface area contributed by atoms with Gasteiger partial charge in [-0.05, 0) is 36.2 Å². The van der Waals surface area contributed by atoms with Gasteiger partial charge in [0.25, 0.3) is 11.8 Å². The molecular weight excluding hydrogens is 392 g/mol. The van der Waals surface area contributed by atoms with Gasteiger partial charge in [-0.15, -0.1) is 0 Å². The van der Waals surface area contributed by atoms with Crippen molar-refractivity contribution in [2.75, 3.05) is 27.4 Å². The maximum atomic E-state index is 12.3. The lowest BCUT2D eigenvalue weighted by molar-refractivity contribution is -0.142. The third kappa shape index (κ3) is 6.40. The summed E-state index contributed by atoms with van der Waals surface area (Å²) in [5, 5.41) is 0. The van der Waals surface area contributed by atoms with Crippen LogP contribution in [0.2, 0.25) is 0 Å². The van der Waals surface area contributed by atoms with Crippen molar-refractivity contribution in [1.82, 2.24) is 10.9 Å². The molecule has 0 aliphatic rings. The van der Waals surface area contributed by atoms with Gasteiger partial charge in [-0.2, -0.15) is 0 Å². The molecule has 2 aromatic rings. The molecular formula is C21H24N2O7. The average Bonchev–Trinajstić information content (AvgIpc) is 2.79. The molecule has 0 saturated heterocycles. The van der Waals surface area contributed by atoms with Gasteiger partial charge in [0.15, 0.2) is 24.7 Å². The van der Waals surface area contributed by atoms with E-state index in [4.69, 9.17) is 14.2 Å². The zero-order chi connectivity index (χ0) is 21.9. The Bertz CT molecular complexity index is 899. The highest BCUT2D eigenvalue weighted by molar-refractivity contribution is 5.96.